The van der Waals surface area contributed by atoms with Crippen molar-refractivity contribution in [3.8, 4) is 11.4 Å². The zero-order valence-electron chi connectivity index (χ0n) is 10.1. The second-order valence-electron chi connectivity index (χ2n) is 4.24. The summed E-state index contributed by atoms with van der Waals surface area (Å²) < 4.78 is 0. The molecule has 0 unspecified atom stereocenters. The lowest BCUT2D eigenvalue weighted by Gasteiger charge is -2.07. The van der Waals surface area contributed by atoms with Crippen LogP contribution >= 0.6 is 0 Å². The summed E-state index contributed by atoms with van der Waals surface area (Å²) >= 11 is 0. The number of benzene rings is 2. The summed E-state index contributed by atoms with van der Waals surface area (Å²) in [7, 11) is 0. The Morgan fingerprint density at radius 2 is 1.74 bits per heavy atom. The summed E-state index contributed by atoms with van der Waals surface area (Å²) in [4.78, 5) is 18.5. The van der Waals surface area contributed by atoms with E-state index in [0.717, 1.165) is 16.3 Å². The Balaban J connectivity index is 2.34. The molecule has 94 valence electrons. The number of hydrogen-bond acceptors (Lipinski definition) is 4. The summed E-state index contributed by atoms with van der Waals surface area (Å²) in [5.74, 6) is 0.472. The highest BCUT2D eigenvalue weighted by Gasteiger charge is 2.09. The number of fused-ring (bicyclic) bond motifs is 1. The number of anilines is 2. The fraction of sp³-hybridized carbons (Fsp3) is 0. The number of hydrogen-bond donors (Lipinski definition) is 3. The highest BCUT2D eigenvalue weighted by molar-refractivity contribution is 5.95. The Bertz CT molecular complexity index is 818. The molecule has 1 heterocycles. The van der Waals surface area contributed by atoms with Crippen LogP contribution in [-0.2, 0) is 0 Å². The van der Waals surface area contributed by atoms with Gasteiger partial charge in [-0.05, 0) is 10.8 Å². The van der Waals surface area contributed by atoms with Gasteiger partial charge in [-0.2, -0.15) is 0 Å². The average molecular weight is 252 g/mol. The van der Waals surface area contributed by atoms with E-state index in [-0.39, 0.29) is 11.5 Å². The van der Waals surface area contributed by atoms with Crippen LogP contribution in [0, 0.1) is 0 Å². The van der Waals surface area contributed by atoms with Gasteiger partial charge in [-0.15, -0.1) is 0 Å². The Morgan fingerprint density at radius 1 is 1.00 bits per heavy atom. The van der Waals surface area contributed by atoms with Crippen LogP contribution in [0.5, 0.6) is 0 Å². The number of nitrogen functional groups attached to an aromatic ring is 2. The summed E-state index contributed by atoms with van der Waals surface area (Å²) in [5.41, 5.74) is 11.5. The minimum atomic E-state index is -0.421. The van der Waals surface area contributed by atoms with Gasteiger partial charge in [0.15, 0.2) is 5.82 Å². The van der Waals surface area contributed by atoms with Crippen LogP contribution in [0.15, 0.2) is 47.3 Å². The Labute approximate surface area is 108 Å². The monoisotopic (exact) mass is 252 g/mol. The molecule has 0 saturated heterocycles. The van der Waals surface area contributed by atoms with Gasteiger partial charge in [-0.3, -0.25) is 4.79 Å². The van der Waals surface area contributed by atoms with Crippen LogP contribution in [0.1, 0.15) is 0 Å². The number of nitrogens with one attached hydrogen (secondary N) is 1. The highest BCUT2D eigenvalue weighted by Crippen LogP contribution is 2.26. The largest absolute Gasteiger partial charge is 0.391 e. The first-order valence-electron chi connectivity index (χ1n) is 5.80. The van der Waals surface area contributed by atoms with Crippen molar-refractivity contribution in [2.24, 2.45) is 0 Å². The third kappa shape index (κ3) is 1.81. The highest BCUT2D eigenvalue weighted by atomic mass is 16.1. The lowest BCUT2D eigenvalue weighted by atomic mass is 10.0. The molecule has 1 aromatic heterocycles. The molecular weight excluding hydrogens is 240 g/mol. The van der Waals surface area contributed by atoms with Crippen LogP contribution in [0.2, 0.25) is 0 Å². The summed E-state index contributed by atoms with van der Waals surface area (Å²) in [6.07, 6.45) is 0. The molecule has 0 radical (unpaired) electrons. The first kappa shape index (κ1) is 11.3. The molecule has 5 heteroatoms. The second kappa shape index (κ2) is 4.13. The maximum absolute atomic E-state index is 11.7. The molecule has 3 aromatic rings. The zero-order chi connectivity index (χ0) is 13.4. The third-order valence-corrected chi connectivity index (χ3v) is 3.03. The Kier molecular flexibility index (Phi) is 2.45. The number of nitrogens with two attached hydrogens (primary N) is 2. The van der Waals surface area contributed by atoms with Crippen molar-refractivity contribution in [1.82, 2.24) is 9.97 Å². The van der Waals surface area contributed by atoms with Gasteiger partial charge in [-0.1, -0.05) is 42.5 Å². The second-order valence-corrected chi connectivity index (χ2v) is 4.24. The molecular formula is C14H12N4O. The molecule has 0 aliphatic heterocycles. The summed E-state index contributed by atoms with van der Waals surface area (Å²) in [5, 5.41) is 2.07. The molecule has 0 aliphatic rings. The van der Waals surface area contributed by atoms with E-state index in [0.29, 0.717) is 5.82 Å². The van der Waals surface area contributed by atoms with E-state index in [4.69, 9.17) is 11.5 Å². The Morgan fingerprint density at radius 3 is 2.53 bits per heavy atom. The van der Waals surface area contributed by atoms with E-state index in [1.165, 1.54) is 0 Å². The molecule has 0 amide bonds. The van der Waals surface area contributed by atoms with Gasteiger partial charge < -0.3 is 16.5 Å². The predicted octanol–water partition coefficient (Wildman–Crippen LogP) is 1.75. The normalized spacial score (nSPS) is 10.7. The minimum absolute atomic E-state index is 0.0479. The van der Waals surface area contributed by atoms with Crippen LogP contribution in [0.3, 0.4) is 0 Å². The molecule has 0 atom stereocenters. The van der Waals surface area contributed by atoms with E-state index >= 15 is 0 Å². The molecule has 5 nitrogen and oxygen atoms in total. The van der Waals surface area contributed by atoms with Crippen molar-refractivity contribution in [1.29, 1.82) is 0 Å². The molecule has 2 aromatic carbocycles. The average Bonchev–Trinajstić information content (AvgIpc) is 2.43. The number of H-pyrrole nitrogens is 1. The van der Waals surface area contributed by atoms with Gasteiger partial charge in [0.2, 0.25) is 0 Å². The summed E-state index contributed by atoms with van der Waals surface area (Å²) in [6.45, 7) is 0. The molecule has 19 heavy (non-hydrogen) atoms. The molecule has 0 fully saturated rings. The van der Waals surface area contributed by atoms with Crippen molar-refractivity contribution in [3.63, 3.8) is 0 Å². The van der Waals surface area contributed by atoms with Crippen LogP contribution in [-0.4, -0.2) is 9.97 Å². The lowest BCUT2D eigenvalue weighted by Crippen LogP contribution is -2.17. The number of aromatic amines is 1. The zero-order valence-corrected chi connectivity index (χ0v) is 10.1. The maximum atomic E-state index is 11.7. The van der Waals surface area contributed by atoms with Crippen molar-refractivity contribution < 1.29 is 0 Å². The fourth-order valence-corrected chi connectivity index (χ4v) is 2.06. The van der Waals surface area contributed by atoms with Gasteiger partial charge >= 0.3 is 0 Å². The molecule has 0 spiro atoms. The first-order valence-corrected chi connectivity index (χ1v) is 5.80. The number of aromatic nitrogens is 2. The number of nitrogens with zero attached hydrogens (tertiary/aromatic N) is 1. The lowest BCUT2D eigenvalue weighted by molar-refractivity contribution is 1.15. The smallest absolute Gasteiger partial charge is 0.276 e. The summed E-state index contributed by atoms with van der Waals surface area (Å²) in [6, 6.07) is 13.6. The van der Waals surface area contributed by atoms with Crippen molar-refractivity contribution in [2.75, 3.05) is 11.5 Å². The molecule has 3 rings (SSSR count). The van der Waals surface area contributed by atoms with Crippen LogP contribution < -0.4 is 17.0 Å². The van der Waals surface area contributed by atoms with Gasteiger partial charge in [-0.25, -0.2) is 4.98 Å². The molecule has 0 bridgehead atoms. The SMILES string of the molecule is Nc1nc(-c2cccc3ccccc23)[nH]c(=O)c1N. The van der Waals surface area contributed by atoms with E-state index in [9.17, 15) is 4.79 Å². The van der Waals surface area contributed by atoms with E-state index < -0.39 is 5.56 Å². The predicted molar refractivity (Wildman–Crippen MR) is 76.6 cm³/mol. The van der Waals surface area contributed by atoms with E-state index in [1.807, 2.05) is 42.5 Å². The quantitative estimate of drug-likeness (QED) is 0.614. The van der Waals surface area contributed by atoms with Crippen LogP contribution in [0.4, 0.5) is 11.5 Å². The fourth-order valence-electron chi connectivity index (χ4n) is 2.06. The Hall–Kier alpha value is -2.82. The first-order chi connectivity index (χ1) is 9.16. The van der Waals surface area contributed by atoms with Crippen molar-refractivity contribution >= 4 is 22.3 Å². The van der Waals surface area contributed by atoms with Crippen LogP contribution in [0.25, 0.3) is 22.2 Å². The van der Waals surface area contributed by atoms with Crippen molar-refractivity contribution in [3.05, 3.63) is 52.8 Å². The van der Waals surface area contributed by atoms with Crippen molar-refractivity contribution in [2.45, 2.75) is 0 Å². The van der Waals surface area contributed by atoms with Gasteiger partial charge in [0.25, 0.3) is 5.56 Å². The number of rotatable bonds is 1. The molecule has 0 aliphatic carbocycles. The topological polar surface area (TPSA) is 97.8 Å². The minimum Gasteiger partial charge on any atom is -0.391 e. The van der Waals surface area contributed by atoms with Gasteiger partial charge in [0, 0.05) is 5.56 Å². The maximum Gasteiger partial charge on any atom is 0.276 e. The third-order valence-electron chi connectivity index (χ3n) is 3.03. The van der Waals surface area contributed by atoms with Gasteiger partial charge in [0.05, 0.1) is 0 Å². The van der Waals surface area contributed by atoms with Gasteiger partial charge in [0.1, 0.15) is 11.5 Å². The van der Waals surface area contributed by atoms with E-state index in [1.54, 1.807) is 0 Å². The molecule has 5 N–H and O–H groups in total. The molecule has 0 saturated carbocycles. The van der Waals surface area contributed by atoms with E-state index in [2.05, 4.69) is 9.97 Å². The standard InChI is InChI=1S/C14H12N4O/c15-11-12(16)17-13(18-14(11)19)10-7-3-5-8-4-1-2-6-9(8)10/h1-7H,15H2,(H3,16,17,18,19).